The van der Waals surface area contributed by atoms with Crippen LogP contribution < -0.4 is 11.2 Å². The van der Waals surface area contributed by atoms with Crippen molar-refractivity contribution < 1.29 is 4.43 Å². The maximum atomic E-state index is 13.8. The van der Waals surface area contributed by atoms with Crippen molar-refractivity contribution in [2.45, 2.75) is 84.9 Å². The van der Waals surface area contributed by atoms with Gasteiger partial charge in [0.25, 0.3) is 5.56 Å². The lowest BCUT2D eigenvalue weighted by molar-refractivity contribution is 0.0968. The molecule has 0 N–H and O–H groups in total. The molecular weight excluding hydrogens is 478 g/mol. The largest absolute Gasteiger partial charge is 0.411 e. The number of hydrogen-bond acceptors (Lipinski definition) is 4. The Balaban J connectivity index is 1.73. The van der Waals surface area contributed by atoms with Crippen LogP contribution in [0.2, 0.25) is 18.1 Å². The van der Waals surface area contributed by atoms with Gasteiger partial charge in [0.05, 0.1) is 23.6 Å². The Morgan fingerprint density at radius 2 is 1.54 bits per heavy atom. The van der Waals surface area contributed by atoms with Crippen molar-refractivity contribution in [2.75, 3.05) is 13.1 Å². The second-order valence-electron chi connectivity index (χ2n) is 12.5. The van der Waals surface area contributed by atoms with Crippen LogP contribution in [0.5, 0.6) is 0 Å². The molecule has 1 unspecified atom stereocenters. The standard InChI is InChI=1S/C30H43N3O3Si/c1-22(2)18-32-27-15-11-10-14-26(27)28(34)33(29(32)35)21-25(36-37(6,7)30(3,4)5)20-31-17-16-23-12-8-9-13-24(23)19-31/h8-15,22,25H,16-21H2,1-7H3. The van der Waals surface area contributed by atoms with E-state index in [1.807, 2.05) is 24.3 Å². The zero-order valence-electron chi connectivity index (χ0n) is 23.6. The van der Waals surface area contributed by atoms with Gasteiger partial charge in [-0.05, 0) is 53.7 Å². The SMILES string of the molecule is CC(C)Cn1c(=O)n(CC(CN2CCc3ccccc3C2)O[Si](C)(C)C(C)(C)C)c(=O)c2ccccc21. The first-order chi connectivity index (χ1) is 17.4. The highest BCUT2D eigenvalue weighted by molar-refractivity contribution is 6.74. The minimum Gasteiger partial charge on any atom is -0.411 e. The Morgan fingerprint density at radius 1 is 0.892 bits per heavy atom. The van der Waals surface area contributed by atoms with Crippen LogP contribution in [0.3, 0.4) is 0 Å². The molecule has 7 heteroatoms. The molecule has 0 spiro atoms. The monoisotopic (exact) mass is 521 g/mol. The highest BCUT2D eigenvalue weighted by Crippen LogP contribution is 2.37. The molecule has 0 bridgehead atoms. The van der Waals surface area contributed by atoms with Gasteiger partial charge in [-0.2, -0.15) is 0 Å². The van der Waals surface area contributed by atoms with E-state index >= 15 is 0 Å². The fourth-order valence-corrected chi connectivity index (χ4v) is 6.34. The summed E-state index contributed by atoms with van der Waals surface area (Å²) in [5, 5.41) is 0.604. The van der Waals surface area contributed by atoms with Gasteiger partial charge in [0.1, 0.15) is 0 Å². The fraction of sp³-hybridized carbons (Fsp3) is 0.533. The lowest BCUT2D eigenvalue weighted by atomic mass is 10.00. The highest BCUT2D eigenvalue weighted by atomic mass is 28.4. The molecule has 0 saturated heterocycles. The summed E-state index contributed by atoms with van der Waals surface area (Å²) in [5.41, 5.74) is 2.99. The van der Waals surface area contributed by atoms with Crippen LogP contribution in [0.25, 0.3) is 10.9 Å². The molecule has 6 nitrogen and oxygen atoms in total. The normalized spacial score (nSPS) is 15.8. The second-order valence-corrected chi connectivity index (χ2v) is 17.2. The molecule has 0 radical (unpaired) electrons. The first kappa shape index (κ1) is 27.5. The molecule has 3 aromatic rings. The van der Waals surface area contributed by atoms with E-state index in [0.29, 0.717) is 24.0 Å². The molecule has 4 rings (SSSR count). The molecule has 1 aromatic heterocycles. The summed E-state index contributed by atoms with van der Waals surface area (Å²) in [6.07, 6.45) is 0.741. The number of para-hydroxylation sites is 1. The van der Waals surface area contributed by atoms with Gasteiger partial charge >= 0.3 is 5.69 Å². The Morgan fingerprint density at radius 3 is 2.22 bits per heavy atom. The number of rotatable bonds is 8. The predicted octanol–water partition coefficient (Wildman–Crippen LogP) is 5.27. The molecule has 0 saturated carbocycles. The Hall–Kier alpha value is -2.48. The molecular formula is C30H43N3O3Si. The van der Waals surface area contributed by atoms with Crippen LogP contribution in [0.4, 0.5) is 0 Å². The summed E-state index contributed by atoms with van der Waals surface area (Å²) in [4.78, 5) is 29.8. The van der Waals surface area contributed by atoms with Gasteiger partial charge in [-0.3, -0.25) is 18.8 Å². The van der Waals surface area contributed by atoms with E-state index in [1.54, 1.807) is 4.57 Å². The van der Waals surface area contributed by atoms with Gasteiger partial charge in [-0.25, -0.2) is 4.79 Å². The lowest BCUT2D eigenvalue weighted by Crippen LogP contribution is -2.51. The summed E-state index contributed by atoms with van der Waals surface area (Å²) >= 11 is 0. The number of benzene rings is 2. The number of aromatic nitrogens is 2. The average molecular weight is 522 g/mol. The maximum Gasteiger partial charge on any atom is 0.331 e. The molecule has 1 aliphatic rings. The number of fused-ring (bicyclic) bond motifs is 2. The third kappa shape index (κ3) is 6.00. The van der Waals surface area contributed by atoms with Crippen molar-refractivity contribution in [1.29, 1.82) is 0 Å². The van der Waals surface area contributed by atoms with Crippen LogP contribution in [0.15, 0.2) is 58.1 Å². The topological polar surface area (TPSA) is 56.5 Å². The van der Waals surface area contributed by atoms with Crippen molar-refractivity contribution in [3.8, 4) is 0 Å². The van der Waals surface area contributed by atoms with Crippen molar-refractivity contribution in [1.82, 2.24) is 14.0 Å². The summed E-state index contributed by atoms with van der Waals surface area (Å²) in [6.45, 7) is 18.7. The van der Waals surface area contributed by atoms with Gasteiger partial charge in [0.2, 0.25) is 0 Å². The summed E-state index contributed by atoms with van der Waals surface area (Å²) in [7, 11) is -2.16. The molecule has 37 heavy (non-hydrogen) atoms. The first-order valence-electron chi connectivity index (χ1n) is 13.6. The fourth-order valence-electron chi connectivity index (χ4n) is 5.00. The third-order valence-corrected chi connectivity index (χ3v) is 12.5. The van der Waals surface area contributed by atoms with Crippen molar-refractivity contribution in [3.63, 3.8) is 0 Å². The predicted molar refractivity (Wildman–Crippen MR) is 155 cm³/mol. The van der Waals surface area contributed by atoms with Crippen molar-refractivity contribution in [2.24, 2.45) is 5.92 Å². The maximum absolute atomic E-state index is 13.8. The third-order valence-electron chi connectivity index (χ3n) is 8.01. The number of nitrogens with zero attached hydrogens (tertiary/aromatic N) is 3. The van der Waals surface area contributed by atoms with E-state index in [2.05, 4.69) is 76.9 Å². The van der Waals surface area contributed by atoms with Crippen LogP contribution >= 0.6 is 0 Å². The van der Waals surface area contributed by atoms with Gasteiger partial charge in [-0.1, -0.05) is 71.0 Å². The van der Waals surface area contributed by atoms with Crippen LogP contribution in [-0.2, 0) is 30.5 Å². The molecule has 0 aliphatic carbocycles. The summed E-state index contributed by atoms with van der Waals surface area (Å²) < 4.78 is 10.1. The van der Waals surface area contributed by atoms with Crippen molar-refractivity contribution >= 4 is 19.2 Å². The van der Waals surface area contributed by atoms with Gasteiger partial charge in [-0.15, -0.1) is 0 Å². The first-order valence-corrected chi connectivity index (χ1v) is 16.5. The minimum absolute atomic E-state index is 0.0198. The van der Waals surface area contributed by atoms with Gasteiger partial charge in [0, 0.05) is 26.2 Å². The van der Waals surface area contributed by atoms with E-state index < -0.39 is 8.32 Å². The number of hydrogen-bond donors (Lipinski definition) is 0. The molecule has 1 atom stereocenters. The quantitative estimate of drug-likeness (QED) is 0.379. The van der Waals surface area contributed by atoms with Crippen LogP contribution in [-0.4, -0.2) is 41.5 Å². The van der Waals surface area contributed by atoms with Gasteiger partial charge in [0.15, 0.2) is 8.32 Å². The van der Waals surface area contributed by atoms with Crippen LogP contribution in [0.1, 0.15) is 45.7 Å². The van der Waals surface area contributed by atoms with E-state index in [-0.39, 0.29) is 34.9 Å². The minimum atomic E-state index is -2.16. The molecule has 0 amide bonds. The highest BCUT2D eigenvalue weighted by Gasteiger charge is 2.40. The zero-order chi connectivity index (χ0) is 27.0. The Kier molecular flexibility index (Phi) is 7.98. The zero-order valence-corrected chi connectivity index (χ0v) is 24.6. The molecule has 2 aromatic carbocycles. The second kappa shape index (κ2) is 10.7. The lowest BCUT2D eigenvalue weighted by Gasteiger charge is -2.41. The molecule has 1 aliphatic heterocycles. The van der Waals surface area contributed by atoms with Gasteiger partial charge < -0.3 is 4.43 Å². The van der Waals surface area contributed by atoms with E-state index in [4.69, 9.17) is 4.43 Å². The van der Waals surface area contributed by atoms with E-state index in [0.717, 1.165) is 19.5 Å². The molecule has 200 valence electrons. The average Bonchev–Trinajstić information content (AvgIpc) is 2.83. The molecule has 0 fully saturated rings. The smallest absolute Gasteiger partial charge is 0.331 e. The van der Waals surface area contributed by atoms with Crippen molar-refractivity contribution in [3.05, 3.63) is 80.5 Å². The summed E-state index contributed by atoms with van der Waals surface area (Å²) in [6, 6.07) is 16.1. The Bertz CT molecular complexity index is 1370. The molecule has 2 heterocycles. The van der Waals surface area contributed by atoms with E-state index in [9.17, 15) is 9.59 Å². The van der Waals surface area contributed by atoms with E-state index in [1.165, 1.54) is 15.7 Å². The summed E-state index contributed by atoms with van der Waals surface area (Å²) in [5.74, 6) is 0.278. The van der Waals surface area contributed by atoms with Crippen LogP contribution in [0, 0.1) is 5.92 Å². The Labute approximate surface area is 222 Å².